The summed E-state index contributed by atoms with van der Waals surface area (Å²) < 4.78 is 10.6. The van der Waals surface area contributed by atoms with Crippen LogP contribution in [0.25, 0.3) is 0 Å². The van der Waals surface area contributed by atoms with Crippen molar-refractivity contribution in [2.75, 3.05) is 13.2 Å². The highest BCUT2D eigenvalue weighted by atomic mass is 16.7. The molecule has 0 unspecified atom stereocenters. The third-order valence-electron chi connectivity index (χ3n) is 2.93. The Hall–Kier alpha value is -0.410. The quantitative estimate of drug-likeness (QED) is 0.368. The van der Waals surface area contributed by atoms with Crippen molar-refractivity contribution in [3.05, 3.63) is 0 Å². The van der Waals surface area contributed by atoms with Gasteiger partial charge in [-0.25, -0.2) is 0 Å². The summed E-state index contributed by atoms with van der Waals surface area (Å²) in [5.74, 6) is 0.0901. The second-order valence-corrected chi connectivity index (χ2v) is 4.58. The minimum Gasteiger partial charge on any atom is -0.346 e. The van der Waals surface area contributed by atoms with E-state index in [0.717, 1.165) is 12.8 Å². The van der Waals surface area contributed by atoms with Gasteiger partial charge < -0.3 is 9.47 Å². The molecule has 0 N–H and O–H groups in total. The van der Waals surface area contributed by atoms with Crippen LogP contribution in [-0.2, 0) is 14.3 Å². The molecule has 0 atom stereocenters. The van der Waals surface area contributed by atoms with E-state index in [2.05, 4.69) is 6.92 Å². The maximum atomic E-state index is 11.8. The van der Waals surface area contributed by atoms with Crippen LogP contribution >= 0.6 is 0 Å². The van der Waals surface area contributed by atoms with Crippen LogP contribution in [0, 0.1) is 0 Å². The Morgan fingerprint density at radius 3 is 1.83 bits per heavy atom. The van der Waals surface area contributed by atoms with Crippen molar-refractivity contribution in [1.82, 2.24) is 0 Å². The third-order valence-corrected chi connectivity index (χ3v) is 2.93. The van der Waals surface area contributed by atoms with Gasteiger partial charge in [-0.05, 0) is 20.3 Å². The number of hydrogen-bond donors (Lipinski definition) is 0. The molecule has 0 aliphatic rings. The summed E-state index contributed by atoms with van der Waals surface area (Å²) in [7, 11) is 0. The highest BCUT2D eigenvalue weighted by Gasteiger charge is 2.17. The Balaban J connectivity index is 3.54. The number of ether oxygens (including phenoxy) is 2. The minimum atomic E-state index is -0.639. The van der Waals surface area contributed by atoms with Gasteiger partial charge in [0.1, 0.15) is 0 Å². The Morgan fingerprint density at radius 2 is 1.33 bits per heavy atom. The lowest BCUT2D eigenvalue weighted by Crippen LogP contribution is -2.27. The predicted molar refractivity (Wildman–Crippen MR) is 74.7 cm³/mol. The fraction of sp³-hybridized carbons (Fsp3) is 0.933. The zero-order valence-electron chi connectivity index (χ0n) is 12.4. The summed E-state index contributed by atoms with van der Waals surface area (Å²) >= 11 is 0. The molecule has 0 aromatic carbocycles. The molecular formula is C15H30O3. The van der Waals surface area contributed by atoms with Crippen molar-refractivity contribution in [1.29, 1.82) is 0 Å². The van der Waals surface area contributed by atoms with Gasteiger partial charge in [-0.3, -0.25) is 4.79 Å². The summed E-state index contributed by atoms with van der Waals surface area (Å²) in [5.41, 5.74) is 0. The topological polar surface area (TPSA) is 35.5 Å². The molecule has 0 bridgehead atoms. The Kier molecular flexibility index (Phi) is 12.7. The Morgan fingerprint density at radius 1 is 0.833 bits per heavy atom. The van der Waals surface area contributed by atoms with E-state index in [9.17, 15) is 4.79 Å². The second kappa shape index (κ2) is 13.0. The number of ketones is 1. The van der Waals surface area contributed by atoms with Gasteiger partial charge in [0.2, 0.25) is 6.29 Å². The Labute approximate surface area is 112 Å². The molecule has 0 fully saturated rings. The first kappa shape index (κ1) is 17.6. The van der Waals surface area contributed by atoms with E-state index in [1.807, 2.05) is 13.8 Å². The minimum absolute atomic E-state index is 0.0901. The molecule has 18 heavy (non-hydrogen) atoms. The van der Waals surface area contributed by atoms with E-state index >= 15 is 0 Å². The van der Waals surface area contributed by atoms with Crippen LogP contribution in [-0.4, -0.2) is 25.3 Å². The largest absolute Gasteiger partial charge is 0.346 e. The molecule has 3 nitrogen and oxygen atoms in total. The van der Waals surface area contributed by atoms with E-state index in [0.29, 0.717) is 19.6 Å². The van der Waals surface area contributed by atoms with Gasteiger partial charge in [0.05, 0.1) is 0 Å². The van der Waals surface area contributed by atoms with Crippen LogP contribution in [0.3, 0.4) is 0 Å². The molecule has 0 amide bonds. The molecular weight excluding hydrogens is 228 g/mol. The molecule has 0 aliphatic heterocycles. The van der Waals surface area contributed by atoms with Gasteiger partial charge >= 0.3 is 0 Å². The standard InChI is InChI=1S/C15H30O3/c1-4-7-8-9-10-11-12-13-14(16)15(17-5-2)18-6-3/h15H,4-13H2,1-3H3. The van der Waals surface area contributed by atoms with E-state index in [1.165, 1.54) is 32.1 Å². The first-order valence-electron chi connectivity index (χ1n) is 7.52. The summed E-state index contributed by atoms with van der Waals surface area (Å²) in [6.07, 6.45) is 8.51. The highest BCUT2D eigenvalue weighted by Crippen LogP contribution is 2.10. The molecule has 0 aromatic heterocycles. The zero-order valence-corrected chi connectivity index (χ0v) is 12.4. The number of unbranched alkanes of at least 4 members (excludes halogenated alkanes) is 6. The van der Waals surface area contributed by atoms with E-state index in [-0.39, 0.29) is 5.78 Å². The second-order valence-electron chi connectivity index (χ2n) is 4.58. The van der Waals surface area contributed by atoms with Gasteiger partial charge in [-0.1, -0.05) is 45.4 Å². The SMILES string of the molecule is CCCCCCCCCC(=O)C(OCC)OCC. The summed E-state index contributed by atoms with van der Waals surface area (Å²) in [5, 5.41) is 0. The van der Waals surface area contributed by atoms with Crippen LogP contribution in [0.5, 0.6) is 0 Å². The van der Waals surface area contributed by atoms with Crippen LogP contribution in [0.2, 0.25) is 0 Å². The average molecular weight is 258 g/mol. The molecule has 0 rings (SSSR count). The molecule has 0 saturated heterocycles. The molecule has 0 aliphatic carbocycles. The molecule has 3 heteroatoms. The number of rotatable bonds is 13. The Bertz CT molecular complexity index is 186. The fourth-order valence-corrected chi connectivity index (χ4v) is 1.91. The van der Waals surface area contributed by atoms with Crippen LogP contribution in [0.15, 0.2) is 0 Å². The van der Waals surface area contributed by atoms with Crippen LogP contribution < -0.4 is 0 Å². The van der Waals surface area contributed by atoms with Gasteiger partial charge in [0, 0.05) is 19.6 Å². The van der Waals surface area contributed by atoms with Crippen molar-refractivity contribution in [2.24, 2.45) is 0 Å². The average Bonchev–Trinajstić information content (AvgIpc) is 2.37. The molecule has 0 spiro atoms. The van der Waals surface area contributed by atoms with Crippen molar-refractivity contribution >= 4 is 5.78 Å². The maximum Gasteiger partial charge on any atom is 0.217 e. The van der Waals surface area contributed by atoms with Gasteiger partial charge in [-0.2, -0.15) is 0 Å². The van der Waals surface area contributed by atoms with Gasteiger partial charge in [0.15, 0.2) is 5.78 Å². The molecule has 0 heterocycles. The number of carbonyl (C=O) groups is 1. The summed E-state index contributed by atoms with van der Waals surface area (Å²) in [4.78, 5) is 11.8. The summed E-state index contributed by atoms with van der Waals surface area (Å²) in [6, 6.07) is 0. The molecule has 0 radical (unpaired) electrons. The smallest absolute Gasteiger partial charge is 0.217 e. The number of Topliss-reactive ketones (excluding diaryl/α,β-unsaturated/α-hetero) is 1. The third kappa shape index (κ3) is 9.60. The maximum absolute atomic E-state index is 11.8. The first-order chi connectivity index (χ1) is 8.76. The van der Waals surface area contributed by atoms with Gasteiger partial charge in [-0.15, -0.1) is 0 Å². The van der Waals surface area contributed by atoms with E-state index in [1.54, 1.807) is 0 Å². The lowest BCUT2D eigenvalue weighted by atomic mass is 10.1. The van der Waals surface area contributed by atoms with Crippen LogP contribution in [0.1, 0.15) is 72.1 Å². The van der Waals surface area contributed by atoms with Crippen molar-refractivity contribution in [2.45, 2.75) is 78.4 Å². The predicted octanol–water partition coefficient (Wildman–Crippen LogP) is 4.10. The fourth-order valence-electron chi connectivity index (χ4n) is 1.91. The highest BCUT2D eigenvalue weighted by molar-refractivity contribution is 5.81. The molecule has 0 aromatic rings. The number of carbonyl (C=O) groups excluding carboxylic acids is 1. The number of hydrogen-bond acceptors (Lipinski definition) is 3. The monoisotopic (exact) mass is 258 g/mol. The van der Waals surface area contributed by atoms with Gasteiger partial charge in [0.25, 0.3) is 0 Å². The molecule has 108 valence electrons. The lowest BCUT2D eigenvalue weighted by molar-refractivity contribution is -0.168. The normalized spacial score (nSPS) is 11.1. The van der Waals surface area contributed by atoms with Crippen molar-refractivity contribution < 1.29 is 14.3 Å². The van der Waals surface area contributed by atoms with Crippen molar-refractivity contribution in [3.63, 3.8) is 0 Å². The zero-order chi connectivity index (χ0) is 13.6. The van der Waals surface area contributed by atoms with E-state index in [4.69, 9.17) is 9.47 Å². The molecule has 0 saturated carbocycles. The lowest BCUT2D eigenvalue weighted by Gasteiger charge is -2.15. The first-order valence-corrected chi connectivity index (χ1v) is 7.52. The van der Waals surface area contributed by atoms with Crippen LogP contribution in [0.4, 0.5) is 0 Å². The van der Waals surface area contributed by atoms with E-state index < -0.39 is 6.29 Å². The summed E-state index contributed by atoms with van der Waals surface area (Å²) in [6.45, 7) is 7.03. The van der Waals surface area contributed by atoms with Crippen molar-refractivity contribution in [3.8, 4) is 0 Å².